The molecule has 0 aliphatic carbocycles. The Hall–Kier alpha value is -1.01. The summed E-state index contributed by atoms with van der Waals surface area (Å²) in [6.45, 7) is 3.06. The van der Waals surface area contributed by atoms with Gasteiger partial charge in [0.15, 0.2) is 11.5 Å². The average molecular weight is 314 g/mol. The van der Waals surface area contributed by atoms with Gasteiger partial charge in [-0.25, -0.2) is 0 Å². The van der Waals surface area contributed by atoms with Crippen molar-refractivity contribution in [3.05, 3.63) is 22.7 Å². The number of benzene rings is 1. The fourth-order valence-corrected chi connectivity index (χ4v) is 3.13. The number of nitrogens with zero attached hydrogens (tertiary/aromatic N) is 1. The molecule has 21 heavy (non-hydrogen) atoms. The van der Waals surface area contributed by atoms with E-state index < -0.39 is 0 Å². The molecular weight excluding hydrogens is 294 g/mol. The number of aliphatic hydroxyl groups excluding tert-OH is 1. The van der Waals surface area contributed by atoms with Crippen LogP contribution in [-0.2, 0) is 11.3 Å². The molecule has 3 rings (SSSR count). The molecule has 1 N–H and O–H groups in total. The number of hydrogen-bond acceptors (Lipinski definition) is 5. The summed E-state index contributed by atoms with van der Waals surface area (Å²) in [7, 11) is 2.00. The first kappa shape index (κ1) is 14.9. The molecular formula is C15H20ClNO4. The van der Waals surface area contributed by atoms with Crippen molar-refractivity contribution in [1.29, 1.82) is 0 Å². The van der Waals surface area contributed by atoms with Gasteiger partial charge >= 0.3 is 0 Å². The Labute approximate surface area is 129 Å². The summed E-state index contributed by atoms with van der Waals surface area (Å²) in [6.07, 6.45) is 0.832. The summed E-state index contributed by atoms with van der Waals surface area (Å²) in [5.74, 6) is 1.31. The number of halogens is 1. The molecule has 0 bridgehead atoms. The van der Waals surface area contributed by atoms with Crippen molar-refractivity contribution < 1.29 is 19.3 Å². The van der Waals surface area contributed by atoms with Crippen LogP contribution < -0.4 is 9.47 Å². The van der Waals surface area contributed by atoms with Crippen molar-refractivity contribution in [1.82, 2.24) is 4.90 Å². The van der Waals surface area contributed by atoms with Gasteiger partial charge in [-0.3, -0.25) is 4.90 Å². The minimum absolute atomic E-state index is 0.0851. The molecule has 1 saturated heterocycles. The van der Waals surface area contributed by atoms with Gasteiger partial charge in [-0.05, 0) is 31.2 Å². The van der Waals surface area contributed by atoms with Crippen molar-refractivity contribution in [3.8, 4) is 11.5 Å². The first-order valence-electron chi connectivity index (χ1n) is 7.12. The van der Waals surface area contributed by atoms with Crippen LogP contribution in [-0.4, -0.2) is 55.6 Å². The fraction of sp³-hybridized carbons (Fsp3) is 0.600. The Morgan fingerprint density at radius 1 is 1.29 bits per heavy atom. The van der Waals surface area contributed by atoms with Gasteiger partial charge in [0.1, 0.15) is 13.2 Å². The highest BCUT2D eigenvalue weighted by molar-refractivity contribution is 6.32. The fourth-order valence-electron chi connectivity index (χ4n) is 2.84. The second-order valence-electron chi connectivity index (χ2n) is 5.64. The zero-order valence-electron chi connectivity index (χ0n) is 12.1. The summed E-state index contributed by atoms with van der Waals surface area (Å²) in [5.41, 5.74) is 0.728. The normalized spacial score (nSPS) is 24.6. The quantitative estimate of drug-likeness (QED) is 0.917. The lowest BCUT2D eigenvalue weighted by molar-refractivity contribution is 0.0314. The molecule has 1 atom stereocenters. The Morgan fingerprint density at radius 3 is 2.81 bits per heavy atom. The van der Waals surface area contributed by atoms with Crippen LogP contribution in [0, 0.1) is 0 Å². The van der Waals surface area contributed by atoms with Crippen molar-refractivity contribution in [3.63, 3.8) is 0 Å². The molecule has 6 heteroatoms. The van der Waals surface area contributed by atoms with Gasteiger partial charge in [0.25, 0.3) is 0 Å². The van der Waals surface area contributed by atoms with Crippen LogP contribution >= 0.6 is 11.6 Å². The largest absolute Gasteiger partial charge is 0.486 e. The summed E-state index contributed by atoms with van der Waals surface area (Å²) in [4.78, 5) is 2.13. The molecule has 116 valence electrons. The molecule has 0 amide bonds. The van der Waals surface area contributed by atoms with Crippen LogP contribution in [0.5, 0.6) is 11.5 Å². The molecule has 5 nitrogen and oxygen atoms in total. The van der Waals surface area contributed by atoms with E-state index in [1.165, 1.54) is 0 Å². The highest BCUT2D eigenvalue weighted by Crippen LogP contribution is 2.39. The molecule has 1 fully saturated rings. The number of hydrogen-bond donors (Lipinski definition) is 1. The molecule has 1 aromatic carbocycles. The van der Waals surface area contributed by atoms with Crippen LogP contribution in [0.2, 0.25) is 5.02 Å². The molecule has 2 heterocycles. The van der Waals surface area contributed by atoms with E-state index in [1.807, 2.05) is 19.2 Å². The Balaban J connectivity index is 1.80. The lowest BCUT2D eigenvalue weighted by Crippen LogP contribution is -2.49. The summed E-state index contributed by atoms with van der Waals surface area (Å²) in [6, 6.07) is 3.85. The van der Waals surface area contributed by atoms with Crippen molar-refractivity contribution in [2.24, 2.45) is 0 Å². The minimum Gasteiger partial charge on any atom is -0.486 e. The number of fused-ring (bicyclic) bond motifs is 1. The van der Waals surface area contributed by atoms with E-state index in [0.717, 1.165) is 12.0 Å². The zero-order valence-corrected chi connectivity index (χ0v) is 12.9. The van der Waals surface area contributed by atoms with E-state index in [0.29, 0.717) is 49.5 Å². The number of aliphatic hydroxyl groups is 1. The maximum Gasteiger partial charge on any atom is 0.179 e. The molecule has 1 aromatic rings. The van der Waals surface area contributed by atoms with Gasteiger partial charge < -0.3 is 19.3 Å². The summed E-state index contributed by atoms with van der Waals surface area (Å²) < 4.78 is 16.6. The van der Waals surface area contributed by atoms with Crippen molar-refractivity contribution >= 4 is 11.6 Å². The van der Waals surface area contributed by atoms with E-state index in [1.54, 1.807) is 0 Å². The second kappa shape index (κ2) is 6.01. The summed E-state index contributed by atoms with van der Waals surface area (Å²) in [5, 5.41) is 10.3. The van der Waals surface area contributed by atoms with Gasteiger partial charge in [0, 0.05) is 13.2 Å². The lowest BCUT2D eigenvalue weighted by atomic mass is 9.97. The van der Waals surface area contributed by atoms with Gasteiger partial charge in [-0.1, -0.05) is 11.6 Å². The zero-order chi connectivity index (χ0) is 14.9. The standard InChI is InChI=1S/C15H20ClNO4/c1-17(15(9-18)2-3-19-10-15)8-11-6-12(16)14-13(7-11)20-4-5-21-14/h6-7,18H,2-5,8-10H2,1H3. The Kier molecular flexibility index (Phi) is 4.26. The minimum atomic E-state index is -0.306. The lowest BCUT2D eigenvalue weighted by Gasteiger charge is -2.36. The second-order valence-corrected chi connectivity index (χ2v) is 6.05. The highest BCUT2D eigenvalue weighted by Gasteiger charge is 2.38. The first-order valence-corrected chi connectivity index (χ1v) is 7.50. The highest BCUT2D eigenvalue weighted by atomic mass is 35.5. The van der Waals surface area contributed by atoms with Crippen LogP contribution in [0.4, 0.5) is 0 Å². The first-order chi connectivity index (χ1) is 10.1. The van der Waals surface area contributed by atoms with E-state index in [2.05, 4.69) is 4.90 Å². The number of ether oxygens (including phenoxy) is 3. The van der Waals surface area contributed by atoms with Crippen LogP contribution in [0.25, 0.3) is 0 Å². The van der Waals surface area contributed by atoms with E-state index in [9.17, 15) is 5.11 Å². The molecule has 2 aliphatic rings. The summed E-state index contributed by atoms with van der Waals surface area (Å²) >= 11 is 6.26. The third-order valence-electron chi connectivity index (χ3n) is 4.26. The number of likely N-dealkylation sites (N-methyl/N-ethyl adjacent to an activating group) is 1. The molecule has 0 spiro atoms. The monoisotopic (exact) mass is 313 g/mol. The SMILES string of the molecule is CN(Cc1cc(Cl)c2c(c1)OCCO2)C1(CO)CCOC1. The van der Waals surface area contributed by atoms with Crippen LogP contribution in [0.3, 0.4) is 0 Å². The van der Waals surface area contributed by atoms with E-state index >= 15 is 0 Å². The van der Waals surface area contributed by atoms with E-state index in [-0.39, 0.29) is 12.1 Å². The van der Waals surface area contributed by atoms with Gasteiger partial charge in [-0.15, -0.1) is 0 Å². The van der Waals surface area contributed by atoms with Gasteiger partial charge in [-0.2, -0.15) is 0 Å². The number of rotatable bonds is 4. The third kappa shape index (κ3) is 2.83. The molecule has 0 aromatic heterocycles. The topological polar surface area (TPSA) is 51.2 Å². The third-order valence-corrected chi connectivity index (χ3v) is 4.54. The Bertz CT molecular complexity index is 517. The molecule has 1 unspecified atom stereocenters. The predicted octanol–water partition coefficient (Wildman–Crippen LogP) is 1.69. The van der Waals surface area contributed by atoms with E-state index in [4.69, 9.17) is 25.8 Å². The predicted molar refractivity (Wildman–Crippen MR) is 79.2 cm³/mol. The van der Waals surface area contributed by atoms with Crippen molar-refractivity contribution in [2.75, 3.05) is 40.1 Å². The van der Waals surface area contributed by atoms with Crippen LogP contribution in [0.15, 0.2) is 12.1 Å². The maximum atomic E-state index is 9.72. The van der Waals surface area contributed by atoms with Crippen molar-refractivity contribution in [2.45, 2.75) is 18.5 Å². The Morgan fingerprint density at radius 2 is 2.10 bits per heavy atom. The smallest absolute Gasteiger partial charge is 0.179 e. The average Bonchev–Trinajstić information content (AvgIpc) is 2.97. The molecule has 2 aliphatic heterocycles. The van der Waals surface area contributed by atoms with Gasteiger partial charge in [0.2, 0.25) is 0 Å². The maximum absolute atomic E-state index is 9.72. The molecule has 0 radical (unpaired) electrons. The van der Waals surface area contributed by atoms with Crippen LogP contribution in [0.1, 0.15) is 12.0 Å². The molecule has 0 saturated carbocycles. The van der Waals surface area contributed by atoms with Gasteiger partial charge in [0.05, 0.1) is 23.8 Å².